The van der Waals surface area contributed by atoms with Gasteiger partial charge in [-0.2, -0.15) is 0 Å². The van der Waals surface area contributed by atoms with E-state index in [-0.39, 0.29) is 0 Å². The number of rotatable bonds is 2. The lowest BCUT2D eigenvalue weighted by molar-refractivity contribution is 1.28. The molecule has 0 radical (unpaired) electrons. The molecule has 0 saturated carbocycles. The van der Waals surface area contributed by atoms with Crippen molar-refractivity contribution >= 4 is 60.6 Å². The van der Waals surface area contributed by atoms with Crippen LogP contribution in [0.3, 0.4) is 0 Å². The molecule has 0 aliphatic carbocycles. The molecule has 2 aromatic carbocycles. The Hall–Kier alpha value is -2.43. The zero-order valence-electron chi connectivity index (χ0n) is 15.8. The first-order chi connectivity index (χ1) is 13.7. The first kappa shape index (κ1) is 16.5. The van der Waals surface area contributed by atoms with Crippen molar-refractivity contribution in [3.05, 3.63) is 64.8 Å². The van der Waals surface area contributed by atoms with Crippen molar-refractivity contribution in [1.82, 2.24) is 9.97 Å². The van der Waals surface area contributed by atoms with E-state index >= 15 is 0 Å². The van der Waals surface area contributed by atoms with E-state index < -0.39 is 0 Å². The van der Waals surface area contributed by atoms with E-state index in [0.717, 1.165) is 0 Å². The monoisotopic (exact) mass is 400 g/mol. The minimum Gasteiger partial charge on any atom is -0.360 e. The number of hydrogen-bond donors (Lipinski definition) is 2. The number of fused-ring (bicyclic) bond motifs is 3. The predicted molar refractivity (Wildman–Crippen MR) is 126 cm³/mol. The number of thioether (sulfide) groups is 1. The van der Waals surface area contributed by atoms with Crippen molar-refractivity contribution in [2.45, 2.75) is 20.3 Å². The number of nitrogens with one attached hydrogen (secondary N) is 2. The summed E-state index contributed by atoms with van der Waals surface area (Å²) in [7, 11) is 0. The maximum atomic E-state index is 3.55. The molecule has 0 unspecified atom stereocenters. The molecule has 4 heterocycles. The van der Waals surface area contributed by atoms with Crippen LogP contribution in [0, 0.1) is 13.8 Å². The third-order valence-corrected chi connectivity index (χ3v) is 8.04. The van der Waals surface area contributed by atoms with Gasteiger partial charge < -0.3 is 9.97 Å². The highest BCUT2D eigenvalue weighted by Crippen LogP contribution is 2.43. The quantitative estimate of drug-likeness (QED) is 0.314. The highest BCUT2D eigenvalue weighted by Gasteiger charge is 2.19. The smallest absolute Gasteiger partial charge is 0.0469 e. The van der Waals surface area contributed by atoms with Gasteiger partial charge in [-0.15, -0.1) is 23.1 Å². The van der Waals surface area contributed by atoms with E-state index in [2.05, 4.69) is 71.9 Å². The van der Waals surface area contributed by atoms with Crippen LogP contribution in [0.2, 0.25) is 0 Å². The van der Waals surface area contributed by atoms with Gasteiger partial charge in [-0.05, 0) is 65.7 Å². The number of aryl methyl sites for hydroxylation is 2. The van der Waals surface area contributed by atoms with Gasteiger partial charge in [0.1, 0.15) is 0 Å². The number of benzene rings is 2. The average Bonchev–Trinajstić information content (AvgIpc) is 3.48. The van der Waals surface area contributed by atoms with Crippen molar-refractivity contribution in [2.24, 2.45) is 0 Å². The number of hydrogen-bond acceptors (Lipinski definition) is 2. The molecule has 0 atom stereocenters. The molecule has 1 aliphatic rings. The van der Waals surface area contributed by atoms with E-state index in [4.69, 9.17) is 0 Å². The molecule has 0 spiro atoms. The SMILES string of the molecule is Cc1c2cc3[nH]cc(-c4cccs4)c3c(C)c2cc2[nH]cc(C3=CCCS3)c12. The molecule has 0 bridgehead atoms. The predicted octanol–water partition coefficient (Wildman–Crippen LogP) is 7.63. The summed E-state index contributed by atoms with van der Waals surface area (Å²) in [6.45, 7) is 4.54. The second kappa shape index (κ2) is 6.03. The van der Waals surface area contributed by atoms with Gasteiger partial charge in [-0.25, -0.2) is 0 Å². The Kier molecular flexibility index (Phi) is 3.56. The molecular formula is C24H20N2S2. The lowest BCUT2D eigenvalue weighted by atomic mass is 9.93. The number of thiophene rings is 1. The van der Waals surface area contributed by atoms with Gasteiger partial charge in [0.25, 0.3) is 0 Å². The van der Waals surface area contributed by atoms with Crippen LogP contribution in [0.25, 0.3) is 47.9 Å². The van der Waals surface area contributed by atoms with Gasteiger partial charge in [0.05, 0.1) is 0 Å². The molecule has 0 fully saturated rings. The van der Waals surface area contributed by atoms with Crippen LogP contribution < -0.4 is 0 Å². The summed E-state index contributed by atoms with van der Waals surface area (Å²) < 4.78 is 0. The van der Waals surface area contributed by atoms with Gasteiger partial charge in [0.15, 0.2) is 0 Å². The normalized spacial score (nSPS) is 14.6. The summed E-state index contributed by atoms with van der Waals surface area (Å²) in [5.74, 6) is 1.20. The molecule has 2 N–H and O–H groups in total. The van der Waals surface area contributed by atoms with Gasteiger partial charge in [0, 0.05) is 60.9 Å². The van der Waals surface area contributed by atoms with Crippen molar-refractivity contribution in [3.63, 3.8) is 0 Å². The average molecular weight is 401 g/mol. The Balaban J connectivity index is 1.69. The fourth-order valence-corrected chi connectivity index (χ4v) is 6.43. The molecule has 4 heteroatoms. The minimum atomic E-state index is 1.17. The zero-order valence-corrected chi connectivity index (χ0v) is 17.5. The topological polar surface area (TPSA) is 31.6 Å². The van der Waals surface area contributed by atoms with Crippen LogP contribution in [0.15, 0.2) is 48.1 Å². The first-order valence-electron chi connectivity index (χ1n) is 9.64. The highest BCUT2D eigenvalue weighted by molar-refractivity contribution is 8.08. The van der Waals surface area contributed by atoms with Crippen LogP contribution in [0.5, 0.6) is 0 Å². The highest BCUT2D eigenvalue weighted by atomic mass is 32.2. The number of aromatic amines is 2. The molecular weight excluding hydrogens is 380 g/mol. The fraction of sp³-hybridized carbons (Fsp3) is 0.167. The van der Waals surface area contributed by atoms with Crippen molar-refractivity contribution in [2.75, 3.05) is 5.75 Å². The fourth-order valence-electron chi connectivity index (χ4n) is 4.67. The summed E-state index contributed by atoms with van der Waals surface area (Å²) in [6.07, 6.45) is 7.91. The zero-order chi connectivity index (χ0) is 18.8. The van der Waals surface area contributed by atoms with Crippen LogP contribution in [-0.2, 0) is 0 Å². The number of allylic oxidation sites excluding steroid dienone is 1. The first-order valence-corrected chi connectivity index (χ1v) is 11.5. The van der Waals surface area contributed by atoms with E-state index in [1.165, 1.54) is 76.8 Å². The van der Waals surface area contributed by atoms with Crippen molar-refractivity contribution in [3.8, 4) is 10.4 Å². The molecule has 0 amide bonds. The maximum Gasteiger partial charge on any atom is 0.0469 e. The minimum absolute atomic E-state index is 1.17. The molecule has 3 aromatic heterocycles. The second-order valence-corrected chi connectivity index (χ2v) is 9.62. The number of H-pyrrole nitrogens is 2. The Labute approximate surface area is 171 Å². The lowest BCUT2D eigenvalue weighted by Crippen LogP contribution is -1.88. The van der Waals surface area contributed by atoms with Crippen LogP contribution >= 0.6 is 23.1 Å². The van der Waals surface area contributed by atoms with Crippen LogP contribution in [-0.4, -0.2) is 15.7 Å². The summed E-state index contributed by atoms with van der Waals surface area (Å²) in [6, 6.07) is 9.02. The Bertz CT molecular complexity index is 1400. The molecule has 28 heavy (non-hydrogen) atoms. The molecule has 138 valence electrons. The van der Waals surface area contributed by atoms with Crippen molar-refractivity contribution in [1.29, 1.82) is 0 Å². The Morgan fingerprint density at radius 2 is 1.57 bits per heavy atom. The van der Waals surface area contributed by atoms with E-state index in [1.807, 2.05) is 11.8 Å². The molecule has 5 aromatic rings. The van der Waals surface area contributed by atoms with Gasteiger partial charge in [-0.1, -0.05) is 12.1 Å². The van der Waals surface area contributed by atoms with Gasteiger partial charge in [0.2, 0.25) is 0 Å². The van der Waals surface area contributed by atoms with Crippen molar-refractivity contribution < 1.29 is 0 Å². The summed E-state index contributed by atoms with van der Waals surface area (Å²) in [5.41, 5.74) is 7.86. The molecule has 2 nitrogen and oxygen atoms in total. The third kappa shape index (κ3) is 2.22. The Morgan fingerprint density at radius 3 is 2.18 bits per heavy atom. The lowest BCUT2D eigenvalue weighted by Gasteiger charge is -2.11. The van der Waals surface area contributed by atoms with E-state index in [0.29, 0.717) is 0 Å². The van der Waals surface area contributed by atoms with Crippen LogP contribution in [0.1, 0.15) is 23.1 Å². The van der Waals surface area contributed by atoms with Gasteiger partial charge >= 0.3 is 0 Å². The number of aromatic nitrogens is 2. The summed E-state index contributed by atoms with van der Waals surface area (Å²) in [4.78, 5) is 9.82. The van der Waals surface area contributed by atoms with E-state index in [1.54, 1.807) is 11.3 Å². The molecule has 1 aliphatic heterocycles. The summed E-state index contributed by atoms with van der Waals surface area (Å²) in [5, 5.41) is 7.55. The molecule has 0 saturated heterocycles. The van der Waals surface area contributed by atoms with E-state index in [9.17, 15) is 0 Å². The standard InChI is InChI=1S/C24H20N2S2/c1-13-15-9-20-24(18(12-26-20)22-6-4-8-28-22)14(2)16(15)10-19-23(13)17(11-25-19)21-5-3-7-27-21/h3,5-7,9-12,25-26H,4,8H2,1-2H3. The molecule has 6 rings (SSSR count). The maximum absolute atomic E-state index is 3.55. The van der Waals surface area contributed by atoms with Gasteiger partial charge in [-0.3, -0.25) is 0 Å². The van der Waals surface area contributed by atoms with Crippen LogP contribution in [0.4, 0.5) is 0 Å². The Morgan fingerprint density at radius 1 is 0.893 bits per heavy atom. The largest absolute Gasteiger partial charge is 0.360 e. The summed E-state index contributed by atoms with van der Waals surface area (Å²) >= 11 is 3.77. The third-order valence-electron chi connectivity index (χ3n) is 6.00. The second-order valence-electron chi connectivity index (χ2n) is 7.53.